The Balaban J connectivity index is 1.84. The lowest BCUT2D eigenvalue weighted by Crippen LogP contribution is -3.20. The molecule has 1 atom stereocenters. The molecule has 0 aliphatic carbocycles. The molecule has 1 fully saturated rings. The Labute approximate surface area is 116 Å². The highest BCUT2D eigenvalue weighted by atomic mass is 16.5. The second kappa shape index (κ2) is 7.51. The summed E-state index contributed by atoms with van der Waals surface area (Å²) in [6.07, 6.45) is 1.16. The van der Waals surface area contributed by atoms with Gasteiger partial charge in [-0.15, -0.1) is 0 Å². The molecule has 0 amide bonds. The number of hydrogen-bond acceptors (Lipinski definition) is 1. The van der Waals surface area contributed by atoms with Crippen LogP contribution in [-0.2, 0) is 0 Å². The van der Waals surface area contributed by atoms with Gasteiger partial charge in [-0.2, -0.15) is 0 Å². The standard InChI is InChI=1S/C16H26N2O/c1-3-14(2)15-6-4-5-7-16(15)19-13-12-18-10-8-17-9-11-18/h4-7,14,17H,3,8-13H2,1-2H3/p+2/t14-/m0/s1. The zero-order valence-electron chi connectivity index (χ0n) is 12.3. The second-order valence-electron chi connectivity index (χ2n) is 5.56. The average Bonchev–Trinajstić information content (AvgIpc) is 2.48. The molecule has 1 heterocycles. The Morgan fingerprint density at radius 1 is 1.26 bits per heavy atom. The van der Waals surface area contributed by atoms with Crippen LogP contribution in [0, 0.1) is 0 Å². The zero-order chi connectivity index (χ0) is 13.5. The van der Waals surface area contributed by atoms with Crippen LogP contribution >= 0.6 is 0 Å². The number of benzene rings is 1. The minimum atomic E-state index is 0.577. The summed E-state index contributed by atoms with van der Waals surface area (Å²) in [6, 6.07) is 8.50. The molecule has 2 rings (SSSR count). The first kappa shape index (κ1) is 14.4. The highest BCUT2D eigenvalue weighted by Gasteiger charge is 2.15. The third-order valence-electron chi connectivity index (χ3n) is 4.18. The molecule has 3 nitrogen and oxygen atoms in total. The monoisotopic (exact) mass is 264 g/mol. The molecule has 0 radical (unpaired) electrons. The molecular formula is C16H28N2O+2. The summed E-state index contributed by atoms with van der Waals surface area (Å²) < 4.78 is 6.03. The van der Waals surface area contributed by atoms with Crippen molar-refractivity contribution in [3.63, 3.8) is 0 Å². The van der Waals surface area contributed by atoms with Crippen LogP contribution in [0.2, 0.25) is 0 Å². The van der Waals surface area contributed by atoms with E-state index >= 15 is 0 Å². The van der Waals surface area contributed by atoms with E-state index in [9.17, 15) is 0 Å². The number of para-hydroxylation sites is 1. The van der Waals surface area contributed by atoms with Gasteiger partial charge in [0, 0.05) is 0 Å². The first-order valence-electron chi connectivity index (χ1n) is 7.68. The Kier molecular flexibility index (Phi) is 5.67. The van der Waals surface area contributed by atoms with Gasteiger partial charge in [0.05, 0.1) is 0 Å². The van der Waals surface area contributed by atoms with Gasteiger partial charge in [-0.3, -0.25) is 0 Å². The molecule has 0 bridgehead atoms. The number of nitrogens with one attached hydrogen (secondary N) is 1. The molecular weight excluding hydrogens is 236 g/mol. The van der Waals surface area contributed by atoms with Gasteiger partial charge in [0.15, 0.2) is 0 Å². The quantitative estimate of drug-likeness (QED) is 0.747. The minimum Gasteiger partial charge on any atom is -0.487 e. The van der Waals surface area contributed by atoms with Gasteiger partial charge in [0.1, 0.15) is 45.1 Å². The summed E-state index contributed by atoms with van der Waals surface area (Å²) in [5, 5.41) is 2.41. The van der Waals surface area contributed by atoms with Gasteiger partial charge in [-0.25, -0.2) is 0 Å². The summed E-state index contributed by atoms with van der Waals surface area (Å²) >= 11 is 0. The van der Waals surface area contributed by atoms with Crippen LogP contribution in [0.4, 0.5) is 0 Å². The maximum Gasteiger partial charge on any atom is 0.137 e. The largest absolute Gasteiger partial charge is 0.487 e. The van der Waals surface area contributed by atoms with Crippen LogP contribution in [0.15, 0.2) is 24.3 Å². The maximum atomic E-state index is 6.03. The van der Waals surface area contributed by atoms with Gasteiger partial charge in [0.25, 0.3) is 0 Å². The normalized spacial score (nSPS) is 18.2. The molecule has 106 valence electrons. The van der Waals surface area contributed by atoms with Crippen molar-refractivity contribution in [3.05, 3.63) is 29.8 Å². The number of nitrogens with two attached hydrogens (primary N) is 1. The summed E-state index contributed by atoms with van der Waals surface area (Å²) in [5.41, 5.74) is 1.35. The van der Waals surface area contributed by atoms with Crippen LogP contribution in [0.5, 0.6) is 5.75 Å². The van der Waals surface area contributed by atoms with Crippen LogP contribution in [0.1, 0.15) is 31.7 Å². The molecule has 0 unspecified atom stereocenters. The van der Waals surface area contributed by atoms with E-state index in [-0.39, 0.29) is 0 Å². The van der Waals surface area contributed by atoms with Crippen LogP contribution in [0.25, 0.3) is 0 Å². The third kappa shape index (κ3) is 4.22. The van der Waals surface area contributed by atoms with E-state index in [4.69, 9.17) is 4.74 Å². The Morgan fingerprint density at radius 3 is 2.74 bits per heavy atom. The van der Waals surface area contributed by atoms with Crippen molar-refractivity contribution >= 4 is 0 Å². The number of quaternary nitrogens is 2. The second-order valence-corrected chi connectivity index (χ2v) is 5.56. The fourth-order valence-electron chi connectivity index (χ4n) is 2.68. The summed E-state index contributed by atoms with van der Waals surface area (Å²) in [6.45, 7) is 11.5. The predicted octanol–water partition coefficient (Wildman–Crippen LogP) is 0.0408. The van der Waals surface area contributed by atoms with Gasteiger partial charge < -0.3 is 15.0 Å². The molecule has 0 saturated carbocycles. The predicted molar refractivity (Wildman–Crippen MR) is 77.9 cm³/mol. The Hall–Kier alpha value is -1.06. The molecule has 0 aromatic heterocycles. The molecule has 0 spiro atoms. The van der Waals surface area contributed by atoms with Gasteiger partial charge >= 0.3 is 0 Å². The van der Waals surface area contributed by atoms with Crippen LogP contribution in [0.3, 0.4) is 0 Å². The number of piperazine rings is 1. The minimum absolute atomic E-state index is 0.577. The molecule has 19 heavy (non-hydrogen) atoms. The molecule has 3 heteroatoms. The molecule has 1 aromatic rings. The number of rotatable bonds is 6. The van der Waals surface area contributed by atoms with Crippen molar-refractivity contribution in [2.75, 3.05) is 39.3 Å². The summed E-state index contributed by atoms with van der Waals surface area (Å²) in [5.74, 6) is 1.66. The molecule has 1 saturated heterocycles. The van der Waals surface area contributed by atoms with Gasteiger partial charge in [-0.1, -0.05) is 32.0 Å². The number of ether oxygens (including phenoxy) is 1. The van der Waals surface area contributed by atoms with Crippen LogP contribution in [-0.4, -0.2) is 39.3 Å². The van der Waals surface area contributed by atoms with E-state index in [0.717, 1.165) is 25.3 Å². The zero-order valence-corrected chi connectivity index (χ0v) is 12.3. The number of hydrogen-bond donors (Lipinski definition) is 2. The Morgan fingerprint density at radius 2 is 2.00 bits per heavy atom. The molecule has 1 aliphatic rings. The van der Waals surface area contributed by atoms with Crippen molar-refractivity contribution in [3.8, 4) is 5.75 Å². The SMILES string of the molecule is CC[C@H](C)c1ccccc1OCC[NH+]1CC[NH2+]CC1. The van der Waals surface area contributed by atoms with Gasteiger partial charge in [-0.05, 0) is 24.0 Å². The first-order valence-corrected chi connectivity index (χ1v) is 7.68. The highest BCUT2D eigenvalue weighted by Crippen LogP contribution is 2.28. The molecule has 1 aromatic carbocycles. The third-order valence-corrected chi connectivity index (χ3v) is 4.18. The van der Waals surface area contributed by atoms with Crippen molar-refractivity contribution in [1.29, 1.82) is 0 Å². The molecule has 3 N–H and O–H groups in total. The molecule has 1 aliphatic heterocycles. The van der Waals surface area contributed by atoms with Crippen molar-refractivity contribution in [1.82, 2.24) is 0 Å². The summed E-state index contributed by atoms with van der Waals surface area (Å²) in [7, 11) is 0. The van der Waals surface area contributed by atoms with E-state index in [2.05, 4.69) is 43.4 Å². The maximum absolute atomic E-state index is 6.03. The lowest BCUT2D eigenvalue weighted by molar-refractivity contribution is -0.946. The fraction of sp³-hybridized carbons (Fsp3) is 0.625. The highest BCUT2D eigenvalue weighted by molar-refractivity contribution is 5.35. The summed E-state index contributed by atoms with van der Waals surface area (Å²) in [4.78, 5) is 1.68. The lowest BCUT2D eigenvalue weighted by atomic mass is 9.98. The fourth-order valence-corrected chi connectivity index (χ4v) is 2.68. The van der Waals surface area contributed by atoms with Crippen molar-refractivity contribution < 1.29 is 15.0 Å². The first-order chi connectivity index (χ1) is 9.31. The van der Waals surface area contributed by atoms with E-state index in [1.54, 1.807) is 4.90 Å². The van der Waals surface area contributed by atoms with Crippen LogP contribution < -0.4 is 15.0 Å². The van der Waals surface area contributed by atoms with E-state index in [0.29, 0.717) is 5.92 Å². The Bertz CT molecular complexity index is 375. The van der Waals surface area contributed by atoms with Crippen molar-refractivity contribution in [2.45, 2.75) is 26.2 Å². The van der Waals surface area contributed by atoms with Crippen molar-refractivity contribution in [2.24, 2.45) is 0 Å². The smallest absolute Gasteiger partial charge is 0.137 e. The van der Waals surface area contributed by atoms with E-state index in [1.807, 2.05) is 0 Å². The van der Waals surface area contributed by atoms with E-state index < -0.39 is 0 Å². The van der Waals surface area contributed by atoms with Gasteiger partial charge in [0.2, 0.25) is 0 Å². The topological polar surface area (TPSA) is 30.3 Å². The average molecular weight is 264 g/mol. The van der Waals surface area contributed by atoms with E-state index in [1.165, 1.54) is 31.7 Å². The lowest BCUT2D eigenvalue weighted by Gasteiger charge is -2.22.